The normalized spacial score (nSPS) is 17.7. The van der Waals surface area contributed by atoms with Gasteiger partial charge in [0.25, 0.3) is 0 Å². The van der Waals surface area contributed by atoms with Gasteiger partial charge in [0, 0.05) is 12.2 Å². The van der Waals surface area contributed by atoms with Crippen LogP contribution in [0, 0.1) is 0 Å². The number of hydrogen-bond acceptors (Lipinski definition) is 3. The van der Waals surface area contributed by atoms with Crippen LogP contribution in [0.1, 0.15) is 0 Å². The number of benzene rings is 2. The van der Waals surface area contributed by atoms with Crippen molar-refractivity contribution in [2.24, 2.45) is 5.73 Å². The van der Waals surface area contributed by atoms with Crippen LogP contribution in [-0.4, -0.2) is 18.5 Å². The maximum absolute atomic E-state index is 12.1. The smallest absolute Gasteiger partial charge is 0.243 e. The summed E-state index contributed by atoms with van der Waals surface area (Å²) in [7, 11) is 0. The first-order valence-corrected chi connectivity index (χ1v) is 7.68. The minimum absolute atomic E-state index is 0.281. The SMILES string of the molecule is NC1CN(c2ccc(Cl)c(Cl)c2)c2cccc(Cl)c2NC1=O. The lowest BCUT2D eigenvalue weighted by Gasteiger charge is -2.26. The number of fused-ring (bicyclic) bond motifs is 1. The van der Waals surface area contributed by atoms with Crippen molar-refractivity contribution in [2.45, 2.75) is 6.04 Å². The van der Waals surface area contributed by atoms with Crippen LogP contribution in [0.4, 0.5) is 17.1 Å². The molecule has 3 N–H and O–H groups in total. The molecule has 4 nitrogen and oxygen atoms in total. The van der Waals surface area contributed by atoms with Gasteiger partial charge in [-0.05, 0) is 30.3 Å². The Bertz CT molecular complexity index is 751. The molecule has 0 bridgehead atoms. The van der Waals surface area contributed by atoms with Crippen molar-refractivity contribution < 1.29 is 4.79 Å². The minimum Gasteiger partial charge on any atom is -0.338 e. The molecule has 7 heteroatoms. The topological polar surface area (TPSA) is 58.4 Å². The number of carbonyl (C=O) groups excluding carboxylic acids is 1. The van der Waals surface area contributed by atoms with Crippen molar-refractivity contribution in [1.29, 1.82) is 0 Å². The molecule has 0 fully saturated rings. The fourth-order valence-electron chi connectivity index (χ4n) is 2.35. The second-order valence-electron chi connectivity index (χ2n) is 4.94. The largest absolute Gasteiger partial charge is 0.338 e. The van der Waals surface area contributed by atoms with E-state index in [1.807, 2.05) is 23.1 Å². The van der Waals surface area contributed by atoms with E-state index in [-0.39, 0.29) is 5.91 Å². The van der Waals surface area contributed by atoms with Crippen molar-refractivity contribution in [1.82, 2.24) is 0 Å². The van der Waals surface area contributed by atoms with Crippen LogP contribution in [-0.2, 0) is 4.79 Å². The molecule has 0 radical (unpaired) electrons. The number of anilines is 3. The number of carbonyl (C=O) groups is 1. The van der Waals surface area contributed by atoms with Gasteiger partial charge in [-0.3, -0.25) is 4.79 Å². The number of nitrogens with one attached hydrogen (secondary N) is 1. The molecular formula is C15H12Cl3N3O. The van der Waals surface area contributed by atoms with Gasteiger partial charge in [0.1, 0.15) is 6.04 Å². The third kappa shape index (κ3) is 2.75. The van der Waals surface area contributed by atoms with E-state index in [2.05, 4.69) is 5.32 Å². The third-order valence-corrected chi connectivity index (χ3v) is 4.52. The standard InChI is InChI=1S/C15H12Cl3N3O/c16-9-5-4-8(6-11(9)18)21-7-12(19)15(22)20-14-10(17)2-1-3-13(14)21/h1-6,12H,7,19H2,(H,20,22). The van der Waals surface area contributed by atoms with E-state index in [1.165, 1.54) is 0 Å². The number of nitrogens with two attached hydrogens (primary N) is 1. The zero-order valence-electron chi connectivity index (χ0n) is 11.3. The fourth-order valence-corrected chi connectivity index (χ4v) is 2.86. The summed E-state index contributed by atoms with van der Waals surface area (Å²) >= 11 is 18.3. The summed E-state index contributed by atoms with van der Waals surface area (Å²) < 4.78 is 0. The van der Waals surface area contributed by atoms with E-state index in [0.717, 1.165) is 11.4 Å². The van der Waals surface area contributed by atoms with Gasteiger partial charge in [0.15, 0.2) is 0 Å². The molecule has 114 valence electrons. The minimum atomic E-state index is -0.696. The van der Waals surface area contributed by atoms with Gasteiger partial charge in [-0.1, -0.05) is 40.9 Å². The van der Waals surface area contributed by atoms with Gasteiger partial charge in [-0.15, -0.1) is 0 Å². The molecule has 1 aliphatic heterocycles. The van der Waals surface area contributed by atoms with Crippen LogP contribution in [0.2, 0.25) is 15.1 Å². The molecule has 0 spiro atoms. The summed E-state index contributed by atoms with van der Waals surface area (Å²) in [4.78, 5) is 14.0. The zero-order valence-corrected chi connectivity index (χ0v) is 13.6. The average Bonchev–Trinajstić information content (AvgIpc) is 2.61. The molecule has 1 heterocycles. The summed E-state index contributed by atoms with van der Waals surface area (Å²) in [5.74, 6) is -0.281. The van der Waals surface area contributed by atoms with Crippen LogP contribution >= 0.6 is 34.8 Å². The second-order valence-corrected chi connectivity index (χ2v) is 6.16. The number of nitrogens with zero attached hydrogens (tertiary/aromatic N) is 1. The molecular weight excluding hydrogens is 345 g/mol. The van der Waals surface area contributed by atoms with Crippen LogP contribution in [0.3, 0.4) is 0 Å². The van der Waals surface area contributed by atoms with Crippen molar-refractivity contribution in [3.8, 4) is 0 Å². The maximum Gasteiger partial charge on any atom is 0.243 e. The highest BCUT2D eigenvalue weighted by molar-refractivity contribution is 6.42. The second kappa shape index (κ2) is 5.97. The molecule has 2 aromatic carbocycles. The summed E-state index contributed by atoms with van der Waals surface area (Å²) in [6.45, 7) is 0.303. The summed E-state index contributed by atoms with van der Waals surface area (Å²) in [6.07, 6.45) is 0. The van der Waals surface area contributed by atoms with Crippen LogP contribution < -0.4 is 16.0 Å². The molecule has 0 aromatic heterocycles. The lowest BCUT2D eigenvalue weighted by Crippen LogP contribution is -2.41. The lowest BCUT2D eigenvalue weighted by molar-refractivity contribution is -0.117. The average molecular weight is 357 g/mol. The Kier molecular flexibility index (Phi) is 4.19. The Balaban J connectivity index is 2.16. The number of amides is 1. The molecule has 0 saturated heterocycles. The number of hydrogen-bond donors (Lipinski definition) is 2. The van der Waals surface area contributed by atoms with Crippen molar-refractivity contribution in [2.75, 3.05) is 16.8 Å². The molecule has 1 amide bonds. The first kappa shape index (κ1) is 15.4. The molecule has 0 saturated carbocycles. The van der Waals surface area contributed by atoms with Crippen LogP contribution in [0.25, 0.3) is 0 Å². The van der Waals surface area contributed by atoms with Crippen LogP contribution in [0.15, 0.2) is 36.4 Å². The molecule has 3 rings (SSSR count). The monoisotopic (exact) mass is 355 g/mol. The van der Waals surface area contributed by atoms with E-state index in [0.29, 0.717) is 27.3 Å². The first-order valence-electron chi connectivity index (χ1n) is 6.55. The predicted octanol–water partition coefficient (Wildman–Crippen LogP) is 4.06. The molecule has 1 atom stereocenters. The molecule has 2 aromatic rings. The van der Waals surface area contributed by atoms with Crippen molar-refractivity contribution in [3.05, 3.63) is 51.5 Å². The Morgan fingerprint density at radius 3 is 2.59 bits per heavy atom. The van der Waals surface area contributed by atoms with Gasteiger partial charge in [0.05, 0.1) is 26.4 Å². The van der Waals surface area contributed by atoms with E-state index in [9.17, 15) is 4.79 Å². The molecule has 1 aliphatic rings. The van der Waals surface area contributed by atoms with Gasteiger partial charge in [0.2, 0.25) is 5.91 Å². The predicted molar refractivity (Wildman–Crippen MR) is 91.5 cm³/mol. The highest BCUT2D eigenvalue weighted by Gasteiger charge is 2.27. The molecule has 22 heavy (non-hydrogen) atoms. The van der Waals surface area contributed by atoms with Gasteiger partial charge >= 0.3 is 0 Å². The quantitative estimate of drug-likeness (QED) is 0.810. The van der Waals surface area contributed by atoms with E-state index in [4.69, 9.17) is 40.5 Å². The van der Waals surface area contributed by atoms with Crippen LogP contribution in [0.5, 0.6) is 0 Å². The molecule has 1 unspecified atom stereocenters. The van der Waals surface area contributed by atoms with E-state index < -0.39 is 6.04 Å². The number of halogens is 3. The Morgan fingerprint density at radius 1 is 1.09 bits per heavy atom. The lowest BCUT2D eigenvalue weighted by atomic mass is 10.2. The zero-order chi connectivity index (χ0) is 15.9. The summed E-state index contributed by atoms with van der Waals surface area (Å²) in [6, 6.07) is 9.95. The first-order chi connectivity index (χ1) is 10.5. The Morgan fingerprint density at radius 2 is 1.86 bits per heavy atom. The highest BCUT2D eigenvalue weighted by Crippen LogP contribution is 2.40. The van der Waals surface area contributed by atoms with Gasteiger partial charge in [-0.25, -0.2) is 0 Å². The van der Waals surface area contributed by atoms with Crippen molar-refractivity contribution >= 4 is 57.8 Å². The van der Waals surface area contributed by atoms with Gasteiger partial charge in [-0.2, -0.15) is 0 Å². The maximum atomic E-state index is 12.1. The van der Waals surface area contributed by atoms with Gasteiger partial charge < -0.3 is 16.0 Å². The Labute approximate surface area is 142 Å². The van der Waals surface area contributed by atoms with E-state index in [1.54, 1.807) is 18.2 Å². The number of rotatable bonds is 1. The van der Waals surface area contributed by atoms with E-state index >= 15 is 0 Å². The highest BCUT2D eigenvalue weighted by atomic mass is 35.5. The third-order valence-electron chi connectivity index (χ3n) is 3.46. The fraction of sp³-hybridized carbons (Fsp3) is 0.133. The molecule has 0 aliphatic carbocycles. The summed E-state index contributed by atoms with van der Waals surface area (Å²) in [5.41, 5.74) is 8.02. The summed E-state index contributed by atoms with van der Waals surface area (Å²) in [5, 5.41) is 4.11. The van der Waals surface area contributed by atoms with Crippen molar-refractivity contribution in [3.63, 3.8) is 0 Å². The number of para-hydroxylation sites is 1. The Hall–Kier alpha value is -1.46.